The van der Waals surface area contributed by atoms with Crippen molar-refractivity contribution in [2.75, 3.05) is 32.8 Å². The third-order valence-electron chi connectivity index (χ3n) is 1.50. The van der Waals surface area contributed by atoms with Gasteiger partial charge in [-0.3, -0.25) is 0 Å². The molecule has 0 fully saturated rings. The Morgan fingerprint density at radius 2 is 2.08 bits per heavy atom. The van der Waals surface area contributed by atoms with Crippen LogP contribution in [0.25, 0.3) is 0 Å². The number of nitrogens with zero attached hydrogens (tertiary/aromatic N) is 1. The number of rotatable bonds is 6. The monoisotopic (exact) mass is 200 g/mol. The van der Waals surface area contributed by atoms with Crippen molar-refractivity contribution < 1.29 is 15.0 Å². The Morgan fingerprint density at radius 1 is 1.46 bits per heavy atom. The van der Waals surface area contributed by atoms with Gasteiger partial charge in [-0.2, -0.15) is 0 Å². The van der Waals surface area contributed by atoms with Crippen LogP contribution in [0.15, 0.2) is 0 Å². The molecule has 1 amide bonds. The van der Waals surface area contributed by atoms with Crippen LogP contribution in [0.5, 0.6) is 0 Å². The summed E-state index contributed by atoms with van der Waals surface area (Å²) in [6, 6.07) is 0. The molecule has 0 spiro atoms. The van der Waals surface area contributed by atoms with Crippen LogP contribution in [0, 0.1) is 0 Å². The third-order valence-corrected chi connectivity index (χ3v) is 1.50. The van der Waals surface area contributed by atoms with Crippen molar-refractivity contribution in [3.8, 4) is 0 Å². The zero-order valence-electron chi connectivity index (χ0n) is 7.29. The summed E-state index contributed by atoms with van der Waals surface area (Å²) < 4.78 is 0. The van der Waals surface area contributed by atoms with Crippen LogP contribution >= 0.6 is 0 Å². The second-order valence-corrected chi connectivity index (χ2v) is 2.34. The fraction of sp³-hybridized carbons (Fsp3) is 0.857. The molecule has 3 N–H and O–H groups in total. The van der Waals surface area contributed by atoms with E-state index >= 15 is 0 Å². The summed E-state index contributed by atoms with van der Waals surface area (Å²) >= 11 is 0. The summed E-state index contributed by atoms with van der Waals surface area (Å²) in [7, 11) is 0. The normalized spacial score (nSPS) is 9.08. The molecule has 0 heterocycles. The topological polar surface area (TPSA) is 72.8 Å². The molecule has 0 radical (unpaired) electrons. The van der Waals surface area contributed by atoms with E-state index in [1.165, 1.54) is 4.90 Å². The molecule has 6 heteroatoms. The Morgan fingerprint density at radius 3 is 2.46 bits per heavy atom. The van der Waals surface area contributed by atoms with E-state index in [-0.39, 0.29) is 36.2 Å². The first-order valence-corrected chi connectivity index (χ1v) is 4.01. The van der Waals surface area contributed by atoms with E-state index < -0.39 is 6.09 Å². The van der Waals surface area contributed by atoms with Crippen LogP contribution in [-0.2, 0) is 0 Å². The van der Waals surface area contributed by atoms with Crippen LogP contribution in [0.3, 0.4) is 0 Å². The Labute approximate surface area is 100 Å². The Kier molecular flexibility index (Phi) is 12.4. The standard InChI is InChI=1S/C7H16N2O3.Na.H/c1-2-9(7(11)12)5-3-8-4-6-10;;/h8,10H,2-6H2,1H3,(H,11,12);;. The number of carbonyl (C=O) groups is 1. The van der Waals surface area contributed by atoms with Crippen LogP contribution in [0.4, 0.5) is 4.79 Å². The summed E-state index contributed by atoms with van der Waals surface area (Å²) in [6.45, 7) is 3.93. The number of likely N-dealkylation sites (N-methyl/N-ethyl adjacent to an activating group) is 1. The molecule has 0 aromatic heterocycles. The summed E-state index contributed by atoms with van der Waals surface area (Å²) in [5, 5.41) is 19.9. The van der Waals surface area contributed by atoms with Crippen molar-refractivity contribution in [1.29, 1.82) is 0 Å². The molecule has 0 saturated carbocycles. The number of hydrogen-bond donors (Lipinski definition) is 3. The molecule has 0 saturated heterocycles. The van der Waals surface area contributed by atoms with Gasteiger partial charge in [-0.05, 0) is 6.92 Å². The predicted octanol–water partition coefficient (Wildman–Crippen LogP) is -1.08. The van der Waals surface area contributed by atoms with Crippen LogP contribution in [0.1, 0.15) is 6.92 Å². The molecule has 0 aliphatic rings. The predicted molar refractivity (Wildman–Crippen MR) is 52.4 cm³/mol. The van der Waals surface area contributed by atoms with Crippen LogP contribution < -0.4 is 5.32 Å². The Bertz CT molecular complexity index is 135. The molecule has 0 atom stereocenters. The Hall–Kier alpha value is 0.190. The van der Waals surface area contributed by atoms with Crippen molar-refractivity contribution in [2.45, 2.75) is 6.92 Å². The number of amides is 1. The van der Waals surface area contributed by atoms with E-state index in [2.05, 4.69) is 5.32 Å². The average Bonchev–Trinajstić information content (AvgIpc) is 2.04. The molecule has 0 unspecified atom stereocenters. The average molecular weight is 200 g/mol. The van der Waals surface area contributed by atoms with Crippen LogP contribution in [-0.4, -0.2) is 83.5 Å². The van der Waals surface area contributed by atoms with Crippen LogP contribution in [0.2, 0.25) is 0 Å². The zero-order valence-corrected chi connectivity index (χ0v) is 7.29. The van der Waals surface area contributed by atoms with E-state index in [0.717, 1.165) is 0 Å². The summed E-state index contributed by atoms with van der Waals surface area (Å²) in [4.78, 5) is 11.8. The second-order valence-electron chi connectivity index (χ2n) is 2.34. The van der Waals surface area contributed by atoms with E-state index in [1.807, 2.05) is 0 Å². The number of carboxylic acid groups (broad SMARTS) is 1. The van der Waals surface area contributed by atoms with Gasteiger partial charge in [0.25, 0.3) is 0 Å². The first-order valence-electron chi connectivity index (χ1n) is 4.01. The van der Waals surface area contributed by atoms with Gasteiger partial charge in [0.2, 0.25) is 0 Å². The van der Waals surface area contributed by atoms with Gasteiger partial charge in [-0.15, -0.1) is 0 Å². The number of aliphatic hydroxyl groups is 1. The molecule has 74 valence electrons. The molecular formula is C7H17N2NaO3. The SMILES string of the molecule is CCN(CCNCCO)C(=O)O.[NaH]. The molecule has 0 aromatic carbocycles. The fourth-order valence-corrected chi connectivity index (χ4v) is 0.807. The summed E-state index contributed by atoms with van der Waals surface area (Å²) in [6.07, 6.45) is -0.900. The van der Waals surface area contributed by atoms with Crippen molar-refractivity contribution in [3.05, 3.63) is 0 Å². The summed E-state index contributed by atoms with van der Waals surface area (Å²) in [5.41, 5.74) is 0. The third kappa shape index (κ3) is 8.52. The molecule has 0 bridgehead atoms. The Balaban J connectivity index is 0. The van der Waals surface area contributed by atoms with Gasteiger partial charge in [-0.25, -0.2) is 4.79 Å². The maximum atomic E-state index is 10.4. The van der Waals surface area contributed by atoms with Gasteiger partial charge >= 0.3 is 35.7 Å². The minimum atomic E-state index is -0.900. The fourth-order valence-electron chi connectivity index (χ4n) is 0.807. The van der Waals surface area contributed by atoms with Gasteiger partial charge in [0.05, 0.1) is 6.61 Å². The van der Waals surface area contributed by atoms with Crippen molar-refractivity contribution in [3.63, 3.8) is 0 Å². The molecule has 0 rings (SSSR count). The van der Waals surface area contributed by atoms with Crippen molar-refractivity contribution in [1.82, 2.24) is 10.2 Å². The molecule has 0 aliphatic carbocycles. The van der Waals surface area contributed by atoms with Gasteiger partial charge in [0.1, 0.15) is 0 Å². The van der Waals surface area contributed by atoms with Gasteiger partial charge in [-0.1, -0.05) is 0 Å². The molecule has 0 aromatic rings. The number of aliphatic hydroxyl groups excluding tert-OH is 1. The number of nitrogens with one attached hydrogen (secondary N) is 1. The molecular weight excluding hydrogens is 183 g/mol. The molecule has 0 aliphatic heterocycles. The number of hydrogen-bond acceptors (Lipinski definition) is 3. The molecule has 13 heavy (non-hydrogen) atoms. The second kappa shape index (κ2) is 10.3. The first-order chi connectivity index (χ1) is 5.72. The first kappa shape index (κ1) is 15.7. The van der Waals surface area contributed by atoms with E-state index in [4.69, 9.17) is 10.2 Å². The summed E-state index contributed by atoms with van der Waals surface area (Å²) in [5.74, 6) is 0. The van der Waals surface area contributed by atoms with E-state index in [1.54, 1.807) is 6.92 Å². The van der Waals surface area contributed by atoms with Gasteiger partial charge in [0.15, 0.2) is 0 Å². The van der Waals surface area contributed by atoms with Crippen molar-refractivity contribution in [2.24, 2.45) is 0 Å². The minimum absolute atomic E-state index is 0. The van der Waals surface area contributed by atoms with E-state index in [0.29, 0.717) is 26.2 Å². The van der Waals surface area contributed by atoms with Gasteiger partial charge in [0, 0.05) is 26.2 Å². The zero-order chi connectivity index (χ0) is 9.40. The maximum absolute atomic E-state index is 10.4. The van der Waals surface area contributed by atoms with E-state index in [9.17, 15) is 4.79 Å². The van der Waals surface area contributed by atoms with Crippen molar-refractivity contribution >= 4 is 35.7 Å². The molecule has 5 nitrogen and oxygen atoms in total. The van der Waals surface area contributed by atoms with Gasteiger partial charge < -0.3 is 20.4 Å². The quantitative estimate of drug-likeness (QED) is 0.376.